The maximum Gasteiger partial charge on any atom is 0.326 e. The van der Waals surface area contributed by atoms with Crippen LogP contribution >= 0.6 is 11.6 Å². The number of aryl methyl sites for hydroxylation is 1. The summed E-state index contributed by atoms with van der Waals surface area (Å²) in [7, 11) is 0. The summed E-state index contributed by atoms with van der Waals surface area (Å²) in [5.41, 5.74) is 5.16. The molecule has 5 nitrogen and oxygen atoms in total. The molecule has 0 saturated carbocycles. The quantitative estimate of drug-likeness (QED) is 0.580. The number of carbonyl (C=O) groups excluding carboxylic acids is 2. The molecule has 0 bridgehead atoms. The molecule has 3 aromatic rings. The monoisotopic (exact) mass is 435 g/mol. The predicted molar refractivity (Wildman–Crippen MR) is 118 cm³/mol. The van der Waals surface area contributed by atoms with Crippen LogP contribution < -0.4 is 15.5 Å². The number of halogens is 2. The predicted octanol–water partition coefficient (Wildman–Crippen LogP) is 5.21. The molecular formula is C24H19ClFN3O2. The second kappa shape index (κ2) is 7.39. The summed E-state index contributed by atoms with van der Waals surface area (Å²) in [5, 5.41) is 6.15. The van der Waals surface area contributed by atoms with Crippen molar-refractivity contribution in [2.75, 3.05) is 16.8 Å². The van der Waals surface area contributed by atoms with Gasteiger partial charge in [0.05, 0.1) is 6.04 Å². The molecule has 156 valence electrons. The number of anilines is 2. The molecule has 0 aliphatic carbocycles. The van der Waals surface area contributed by atoms with Crippen molar-refractivity contribution in [3.63, 3.8) is 0 Å². The standard InChI is InChI=1S/C24H19ClFN3O2/c1-13-4-2-7-20-15(13)10-11-29(20)24(31)27-19-6-3-5-16-21(19)22(28-23(16)30)17-12-14(26)8-9-18(17)25/h2-9,12,22H,10-11H2,1H3,(H,27,31)(H,28,30). The van der Waals surface area contributed by atoms with Crippen LogP contribution in [0, 0.1) is 12.7 Å². The van der Waals surface area contributed by atoms with Gasteiger partial charge in [0, 0.05) is 39.6 Å². The van der Waals surface area contributed by atoms with E-state index in [1.54, 1.807) is 23.1 Å². The van der Waals surface area contributed by atoms with E-state index in [0.29, 0.717) is 33.9 Å². The number of carbonyl (C=O) groups is 2. The summed E-state index contributed by atoms with van der Waals surface area (Å²) in [6.45, 7) is 2.62. The lowest BCUT2D eigenvalue weighted by Gasteiger charge is -2.21. The SMILES string of the molecule is Cc1cccc2c1CCN2C(=O)Nc1cccc2c1C(c1cc(F)ccc1Cl)NC2=O. The van der Waals surface area contributed by atoms with Crippen LogP contribution in [0.1, 0.15) is 38.7 Å². The molecule has 0 spiro atoms. The number of urea groups is 1. The molecule has 2 aliphatic heterocycles. The third kappa shape index (κ3) is 3.24. The smallest absolute Gasteiger partial charge is 0.326 e. The van der Waals surface area contributed by atoms with Gasteiger partial charge in [-0.2, -0.15) is 0 Å². The molecule has 3 aromatic carbocycles. The third-order valence-electron chi connectivity index (χ3n) is 5.93. The van der Waals surface area contributed by atoms with Crippen LogP contribution in [0.4, 0.5) is 20.6 Å². The first-order chi connectivity index (χ1) is 14.9. The normalized spacial score (nSPS) is 16.7. The molecule has 2 aliphatic rings. The molecule has 5 rings (SSSR count). The zero-order valence-electron chi connectivity index (χ0n) is 16.7. The maximum absolute atomic E-state index is 13.9. The Bertz CT molecular complexity index is 1240. The Balaban J connectivity index is 1.52. The summed E-state index contributed by atoms with van der Waals surface area (Å²) in [6, 6.07) is 14.1. The van der Waals surface area contributed by atoms with Crippen LogP contribution in [-0.4, -0.2) is 18.5 Å². The van der Waals surface area contributed by atoms with E-state index in [2.05, 4.69) is 10.6 Å². The molecular weight excluding hydrogens is 417 g/mol. The largest absolute Gasteiger partial charge is 0.341 e. The van der Waals surface area contributed by atoms with Crippen molar-refractivity contribution >= 4 is 34.9 Å². The number of hydrogen-bond acceptors (Lipinski definition) is 2. The average molecular weight is 436 g/mol. The van der Waals surface area contributed by atoms with Gasteiger partial charge in [-0.1, -0.05) is 29.8 Å². The number of rotatable bonds is 2. The van der Waals surface area contributed by atoms with Gasteiger partial charge in [-0.15, -0.1) is 0 Å². The lowest BCUT2D eigenvalue weighted by molar-refractivity contribution is 0.0960. The molecule has 3 amide bonds. The Morgan fingerprint density at radius 2 is 2.00 bits per heavy atom. The highest BCUT2D eigenvalue weighted by atomic mass is 35.5. The van der Waals surface area contributed by atoms with E-state index in [0.717, 1.165) is 23.2 Å². The Hall–Kier alpha value is -3.38. The first kappa shape index (κ1) is 19.6. The number of nitrogens with one attached hydrogen (secondary N) is 2. The molecule has 0 aromatic heterocycles. The average Bonchev–Trinajstić information content (AvgIpc) is 3.33. The van der Waals surface area contributed by atoms with Crippen molar-refractivity contribution in [1.82, 2.24) is 5.32 Å². The number of nitrogens with zero attached hydrogens (tertiary/aromatic N) is 1. The first-order valence-corrected chi connectivity index (χ1v) is 10.4. The van der Waals surface area contributed by atoms with Crippen molar-refractivity contribution in [3.05, 3.63) is 93.3 Å². The van der Waals surface area contributed by atoms with E-state index < -0.39 is 11.9 Å². The fourth-order valence-corrected chi connectivity index (χ4v) is 4.66. The van der Waals surface area contributed by atoms with Crippen LogP contribution in [0.2, 0.25) is 5.02 Å². The van der Waals surface area contributed by atoms with Gasteiger partial charge in [-0.3, -0.25) is 9.69 Å². The molecule has 2 heterocycles. The molecule has 1 atom stereocenters. The molecule has 0 radical (unpaired) electrons. The Morgan fingerprint density at radius 3 is 2.84 bits per heavy atom. The van der Waals surface area contributed by atoms with E-state index >= 15 is 0 Å². The lowest BCUT2D eigenvalue weighted by Crippen LogP contribution is -2.33. The Kier molecular flexibility index (Phi) is 4.67. The van der Waals surface area contributed by atoms with Crippen molar-refractivity contribution < 1.29 is 14.0 Å². The highest BCUT2D eigenvalue weighted by Crippen LogP contribution is 2.39. The second-order valence-corrected chi connectivity index (χ2v) is 8.15. The topological polar surface area (TPSA) is 61.4 Å². The minimum Gasteiger partial charge on any atom is -0.341 e. The van der Waals surface area contributed by atoms with Gasteiger partial charge < -0.3 is 10.6 Å². The second-order valence-electron chi connectivity index (χ2n) is 7.74. The van der Waals surface area contributed by atoms with E-state index in [-0.39, 0.29) is 11.9 Å². The summed E-state index contributed by atoms with van der Waals surface area (Å²) in [5.74, 6) is -0.744. The van der Waals surface area contributed by atoms with Gasteiger partial charge in [0.15, 0.2) is 0 Å². The molecule has 1 unspecified atom stereocenters. The molecule has 0 fully saturated rings. The Morgan fingerprint density at radius 1 is 1.19 bits per heavy atom. The van der Waals surface area contributed by atoms with Gasteiger partial charge in [-0.05, 0) is 60.9 Å². The lowest BCUT2D eigenvalue weighted by atomic mass is 9.96. The third-order valence-corrected chi connectivity index (χ3v) is 6.28. The summed E-state index contributed by atoms with van der Waals surface area (Å²) in [4.78, 5) is 27.4. The van der Waals surface area contributed by atoms with Crippen molar-refractivity contribution in [2.45, 2.75) is 19.4 Å². The van der Waals surface area contributed by atoms with Gasteiger partial charge in [-0.25, -0.2) is 9.18 Å². The zero-order valence-corrected chi connectivity index (χ0v) is 17.5. The van der Waals surface area contributed by atoms with Gasteiger partial charge in [0.2, 0.25) is 0 Å². The van der Waals surface area contributed by atoms with Crippen LogP contribution in [0.3, 0.4) is 0 Å². The minimum atomic E-state index is -0.657. The number of benzene rings is 3. The van der Waals surface area contributed by atoms with Crippen LogP contribution in [0.15, 0.2) is 54.6 Å². The first-order valence-electron chi connectivity index (χ1n) is 10.00. The van der Waals surface area contributed by atoms with Gasteiger partial charge in [0.1, 0.15) is 5.82 Å². The summed E-state index contributed by atoms with van der Waals surface area (Å²) < 4.78 is 13.9. The fraction of sp³-hybridized carbons (Fsp3) is 0.167. The Labute approximate surface area is 183 Å². The van der Waals surface area contributed by atoms with Crippen molar-refractivity contribution in [2.24, 2.45) is 0 Å². The molecule has 2 N–H and O–H groups in total. The number of hydrogen-bond donors (Lipinski definition) is 2. The zero-order chi connectivity index (χ0) is 21.7. The van der Waals surface area contributed by atoms with Gasteiger partial charge in [0.25, 0.3) is 5.91 Å². The maximum atomic E-state index is 13.9. The van der Waals surface area contributed by atoms with E-state index in [1.807, 2.05) is 25.1 Å². The highest BCUT2D eigenvalue weighted by Gasteiger charge is 2.35. The van der Waals surface area contributed by atoms with Crippen LogP contribution in [-0.2, 0) is 6.42 Å². The summed E-state index contributed by atoms with van der Waals surface area (Å²) >= 11 is 6.31. The van der Waals surface area contributed by atoms with Crippen LogP contribution in [0.5, 0.6) is 0 Å². The minimum absolute atomic E-state index is 0.277. The summed E-state index contributed by atoms with van der Waals surface area (Å²) in [6.07, 6.45) is 0.796. The number of amides is 3. The number of fused-ring (bicyclic) bond motifs is 2. The molecule has 31 heavy (non-hydrogen) atoms. The molecule has 7 heteroatoms. The van der Waals surface area contributed by atoms with Crippen LogP contribution in [0.25, 0.3) is 0 Å². The molecule has 0 saturated heterocycles. The van der Waals surface area contributed by atoms with Crippen molar-refractivity contribution in [1.29, 1.82) is 0 Å². The van der Waals surface area contributed by atoms with Gasteiger partial charge >= 0.3 is 6.03 Å². The van der Waals surface area contributed by atoms with Crippen molar-refractivity contribution in [3.8, 4) is 0 Å². The van der Waals surface area contributed by atoms with E-state index in [1.165, 1.54) is 18.2 Å². The van der Waals surface area contributed by atoms with E-state index in [9.17, 15) is 14.0 Å². The fourth-order valence-electron chi connectivity index (χ4n) is 4.44. The highest BCUT2D eigenvalue weighted by molar-refractivity contribution is 6.31. The van der Waals surface area contributed by atoms with E-state index in [4.69, 9.17) is 11.6 Å².